The third-order valence-corrected chi connectivity index (χ3v) is 7.99. The molecule has 0 fully saturated rings. The lowest BCUT2D eigenvalue weighted by Gasteiger charge is -2.27. The van der Waals surface area contributed by atoms with E-state index >= 15 is 0 Å². The first-order valence-corrected chi connectivity index (χ1v) is 13.1. The van der Waals surface area contributed by atoms with Crippen LogP contribution in [0.5, 0.6) is 0 Å². The van der Waals surface area contributed by atoms with Gasteiger partial charge in [0.15, 0.2) is 0 Å². The van der Waals surface area contributed by atoms with Gasteiger partial charge in [-0.15, -0.1) is 24.0 Å². The van der Waals surface area contributed by atoms with Gasteiger partial charge in [-0.05, 0) is 65.2 Å². The van der Waals surface area contributed by atoms with E-state index in [9.17, 15) is 0 Å². The highest BCUT2D eigenvalue weighted by molar-refractivity contribution is 14.0. The van der Waals surface area contributed by atoms with Gasteiger partial charge in [0, 0.05) is 46.2 Å². The minimum absolute atomic E-state index is 0. The van der Waals surface area contributed by atoms with Crippen molar-refractivity contribution in [3.05, 3.63) is 139 Å². The van der Waals surface area contributed by atoms with Gasteiger partial charge in [0.25, 0.3) is 0 Å². The molecule has 2 aliphatic rings. The number of halogens is 1. The monoisotopic (exact) mass is 615 g/mol. The second-order valence-corrected chi connectivity index (χ2v) is 10.0. The number of hydrogen-bond donors (Lipinski definition) is 0. The van der Waals surface area contributed by atoms with Gasteiger partial charge < -0.3 is 9.47 Å². The van der Waals surface area contributed by atoms with Crippen molar-refractivity contribution >= 4 is 63.4 Å². The summed E-state index contributed by atoms with van der Waals surface area (Å²) in [4.78, 5) is 6.98. The van der Waals surface area contributed by atoms with E-state index in [2.05, 4.69) is 148 Å². The Hall–Kier alpha value is -4.16. The van der Waals surface area contributed by atoms with Crippen LogP contribution in [0.25, 0.3) is 38.6 Å². The van der Waals surface area contributed by atoms with Crippen LogP contribution in [0.1, 0.15) is 11.5 Å². The van der Waals surface area contributed by atoms with Gasteiger partial charge in [0.2, 0.25) is 0 Å². The predicted octanol–water partition coefficient (Wildman–Crippen LogP) is 9.27. The maximum atomic E-state index is 4.54. The number of benzene rings is 5. The van der Waals surface area contributed by atoms with E-state index in [1.807, 2.05) is 6.20 Å². The molecule has 4 heteroatoms. The Bertz CT molecular complexity index is 1890. The minimum atomic E-state index is 0. The van der Waals surface area contributed by atoms with Crippen molar-refractivity contribution in [1.82, 2.24) is 4.57 Å². The number of aliphatic imine (C=N–C) groups is 1. The Morgan fingerprint density at radius 1 is 0.615 bits per heavy atom. The molecule has 3 heterocycles. The highest BCUT2D eigenvalue weighted by atomic mass is 127. The van der Waals surface area contributed by atoms with Crippen molar-refractivity contribution in [3.8, 4) is 16.8 Å². The van der Waals surface area contributed by atoms with Gasteiger partial charge in [-0.3, -0.25) is 4.99 Å². The van der Waals surface area contributed by atoms with Crippen molar-refractivity contribution < 1.29 is 0 Å². The van der Waals surface area contributed by atoms with E-state index in [-0.39, 0.29) is 35.9 Å². The third-order valence-electron chi connectivity index (χ3n) is 7.99. The van der Waals surface area contributed by atoms with E-state index in [0.717, 1.165) is 0 Å². The molecule has 0 radical (unpaired) electrons. The largest absolute Gasteiger partial charge is 0.332 e. The van der Waals surface area contributed by atoms with Gasteiger partial charge in [-0.1, -0.05) is 78.9 Å². The summed E-state index contributed by atoms with van der Waals surface area (Å²) in [6.07, 6.45) is 6.31. The van der Waals surface area contributed by atoms with Crippen molar-refractivity contribution in [2.45, 2.75) is 12.0 Å². The highest BCUT2D eigenvalue weighted by Crippen LogP contribution is 2.50. The summed E-state index contributed by atoms with van der Waals surface area (Å²) in [5, 5.41) is 2.55. The summed E-state index contributed by atoms with van der Waals surface area (Å²) >= 11 is 0. The van der Waals surface area contributed by atoms with Gasteiger partial charge in [0.05, 0.1) is 17.1 Å². The fourth-order valence-corrected chi connectivity index (χ4v) is 6.40. The molecule has 0 bridgehead atoms. The molecule has 0 N–H and O–H groups in total. The van der Waals surface area contributed by atoms with Crippen molar-refractivity contribution in [1.29, 1.82) is 0 Å². The Morgan fingerprint density at radius 2 is 1.33 bits per heavy atom. The molecule has 1 aromatic heterocycles. The molecule has 39 heavy (non-hydrogen) atoms. The van der Waals surface area contributed by atoms with E-state index in [1.54, 1.807) is 0 Å². The SMILES string of the molecule is C1=CC2c3c(-c4ccc5c(c4)c4ccccc4n5-c4ccccc4)cccc3N(c3ccccc3)C2C=N1.I. The molecule has 0 amide bonds. The Morgan fingerprint density at radius 3 is 2.15 bits per heavy atom. The molecule has 0 saturated heterocycles. The molecule has 0 saturated carbocycles. The lowest BCUT2D eigenvalue weighted by molar-refractivity contribution is 0.788. The molecule has 8 rings (SSSR count). The molecule has 2 atom stereocenters. The Labute approximate surface area is 244 Å². The number of aromatic nitrogens is 1. The summed E-state index contributed by atoms with van der Waals surface area (Å²) in [6, 6.07) is 43.9. The van der Waals surface area contributed by atoms with Crippen LogP contribution in [-0.2, 0) is 0 Å². The Kier molecular flexibility index (Phi) is 5.85. The molecular formula is C35H26IN3. The van der Waals surface area contributed by atoms with Gasteiger partial charge >= 0.3 is 0 Å². The zero-order valence-electron chi connectivity index (χ0n) is 21.2. The molecule has 188 valence electrons. The van der Waals surface area contributed by atoms with E-state index in [0.29, 0.717) is 0 Å². The molecular weight excluding hydrogens is 589 g/mol. The topological polar surface area (TPSA) is 20.5 Å². The van der Waals surface area contributed by atoms with Crippen LogP contribution < -0.4 is 4.90 Å². The zero-order chi connectivity index (χ0) is 25.1. The number of fused-ring (bicyclic) bond motifs is 6. The third kappa shape index (κ3) is 3.66. The maximum absolute atomic E-state index is 4.54. The highest BCUT2D eigenvalue weighted by Gasteiger charge is 2.39. The smallest absolute Gasteiger partial charge is 0.0798 e. The van der Waals surface area contributed by atoms with Gasteiger partial charge in [-0.2, -0.15) is 0 Å². The zero-order valence-corrected chi connectivity index (χ0v) is 23.5. The number of para-hydroxylation sites is 3. The second kappa shape index (κ2) is 9.54. The lowest BCUT2D eigenvalue weighted by Crippen LogP contribution is -2.32. The van der Waals surface area contributed by atoms with Crippen LogP contribution in [0.4, 0.5) is 11.4 Å². The first-order valence-electron chi connectivity index (χ1n) is 13.1. The molecule has 6 aromatic rings. The van der Waals surface area contributed by atoms with Gasteiger partial charge in [0.1, 0.15) is 0 Å². The van der Waals surface area contributed by atoms with E-state index < -0.39 is 0 Å². The predicted molar refractivity (Wildman–Crippen MR) is 174 cm³/mol. The fourth-order valence-electron chi connectivity index (χ4n) is 6.40. The molecule has 5 aromatic carbocycles. The molecule has 2 aliphatic heterocycles. The van der Waals surface area contributed by atoms with Crippen LogP contribution in [0.15, 0.2) is 139 Å². The first kappa shape index (κ1) is 23.9. The summed E-state index contributed by atoms with van der Waals surface area (Å²) in [7, 11) is 0. The molecule has 0 spiro atoms. The lowest BCUT2D eigenvalue weighted by atomic mass is 9.87. The van der Waals surface area contributed by atoms with Crippen LogP contribution in [0.2, 0.25) is 0 Å². The molecule has 2 unspecified atom stereocenters. The average Bonchev–Trinajstić information content (AvgIpc) is 3.51. The minimum Gasteiger partial charge on any atom is -0.332 e. The first-order chi connectivity index (χ1) is 18.9. The quantitative estimate of drug-likeness (QED) is 0.182. The molecule has 0 aliphatic carbocycles. The summed E-state index contributed by atoms with van der Waals surface area (Å²) in [5.74, 6) is 0.250. The van der Waals surface area contributed by atoms with Crippen molar-refractivity contribution in [2.24, 2.45) is 4.99 Å². The summed E-state index contributed by atoms with van der Waals surface area (Å²) in [5.41, 5.74) is 9.99. The van der Waals surface area contributed by atoms with Crippen LogP contribution >= 0.6 is 24.0 Å². The second-order valence-electron chi connectivity index (χ2n) is 10.0. The summed E-state index contributed by atoms with van der Waals surface area (Å²) < 4.78 is 2.37. The van der Waals surface area contributed by atoms with Crippen LogP contribution in [0.3, 0.4) is 0 Å². The number of nitrogens with zero attached hydrogens (tertiary/aromatic N) is 3. The number of hydrogen-bond acceptors (Lipinski definition) is 2. The fraction of sp³-hybridized carbons (Fsp3) is 0.0571. The van der Waals surface area contributed by atoms with Gasteiger partial charge in [-0.25, -0.2) is 0 Å². The number of anilines is 2. The maximum Gasteiger partial charge on any atom is 0.0798 e. The van der Waals surface area contributed by atoms with E-state index in [4.69, 9.17) is 0 Å². The van der Waals surface area contributed by atoms with Crippen LogP contribution in [0, 0.1) is 0 Å². The molecule has 3 nitrogen and oxygen atoms in total. The normalized spacial score (nSPS) is 17.3. The van der Waals surface area contributed by atoms with Crippen molar-refractivity contribution in [2.75, 3.05) is 4.90 Å². The van der Waals surface area contributed by atoms with E-state index in [1.165, 1.54) is 55.6 Å². The standard InChI is InChI=1S/C35H25N3.HI/c1-3-10-25(11-4-1)37-31-16-8-7-14-28(31)30-22-24(18-19-32(30)37)27-15-9-17-33-35(27)29-20-21-36-23-34(29)38(33)26-12-5-2-6-13-26;/h1-23,29,34H;1H. The van der Waals surface area contributed by atoms with Crippen LogP contribution in [-0.4, -0.2) is 16.8 Å². The Balaban J connectivity index is 0.00000253. The van der Waals surface area contributed by atoms with Crippen molar-refractivity contribution in [3.63, 3.8) is 0 Å². The summed E-state index contributed by atoms with van der Waals surface area (Å²) in [6.45, 7) is 0. The number of rotatable bonds is 3. The average molecular weight is 616 g/mol.